The van der Waals surface area contributed by atoms with Gasteiger partial charge in [0.15, 0.2) is 5.96 Å². The summed E-state index contributed by atoms with van der Waals surface area (Å²) in [6, 6.07) is 25.3. The minimum absolute atomic E-state index is 0.335. The highest BCUT2D eigenvalue weighted by Crippen LogP contribution is 2.23. The normalized spacial score (nSPS) is 11.2. The fraction of sp³-hybridized carbons (Fsp3) is 0.0435. The molecule has 1 heterocycles. The molecule has 0 aliphatic carbocycles. The second-order valence-corrected chi connectivity index (χ2v) is 6.37. The second kappa shape index (κ2) is 8.75. The number of rotatable bonds is 6. The minimum Gasteiger partial charge on any atom is -0.457 e. The summed E-state index contributed by atoms with van der Waals surface area (Å²) in [7, 11) is 0. The molecule has 4 aromatic rings. The van der Waals surface area contributed by atoms with Crippen LogP contribution in [0.25, 0.3) is 5.69 Å². The zero-order chi connectivity index (χ0) is 19.9. The van der Waals surface area contributed by atoms with Crippen LogP contribution >= 0.6 is 0 Å². The van der Waals surface area contributed by atoms with Gasteiger partial charge in [0.25, 0.3) is 0 Å². The third-order valence-corrected chi connectivity index (χ3v) is 4.28. The first kappa shape index (κ1) is 18.3. The number of ether oxygens (including phenoxy) is 1. The van der Waals surface area contributed by atoms with E-state index in [2.05, 4.69) is 15.3 Å². The van der Waals surface area contributed by atoms with Crippen molar-refractivity contribution in [2.75, 3.05) is 5.32 Å². The highest BCUT2D eigenvalue weighted by molar-refractivity contribution is 5.92. The number of imidazole rings is 1. The fourth-order valence-electron chi connectivity index (χ4n) is 2.92. The number of hydrogen-bond donors (Lipinski definition) is 2. The lowest BCUT2D eigenvalue weighted by Gasteiger charge is -2.10. The minimum atomic E-state index is 0.335. The average Bonchev–Trinajstić information content (AvgIpc) is 3.28. The summed E-state index contributed by atoms with van der Waals surface area (Å²) in [5, 5.41) is 3.12. The molecule has 1 aromatic heterocycles. The first-order valence-electron chi connectivity index (χ1n) is 9.24. The predicted octanol–water partition coefficient (Wildman–Crippen LogP) is 4.59. The third-order valence-electron chi connectivity index (χ3n) is 4.28. The summed E-state index contributed by atoms with van der Waals surface area (Å²) < 4.78 is 7.81. The SMILES string of the molecule is NC(=NCc1ccccc1-n1ccnc1)Nc1cccc(Oc2ccccc2)c1. The van der Waals surface area contributed by atoms with Gasteiger partial charge in [0.05, 0.1) is 18.6 Å². The lowest BCUT2D eigenvalue weighted by atomic mass is 10.2. The predicted molar refractivity (Wildman–Crippen MR) is 115 cm³/mol. The van der Waals surface area contributed by atoms with Crippen molar-refractivity contribution in [3.05, 3.63) is 103 Å². The second-order valence-electron chi connectivity index (χ2n) is 6.37. The molecule has 0 aliphatic rings. The van der Waals surface area contributed by atoms with E-state index in [-0.39, 0.29) is 0 Å². The third kappa shape index (κ3) is 4.81. The van der Waals surface area contributed by atoms with E-state index in [0.29, 0.717) is 12.5 Å². The Hall–Kier alpha value is -4.06. The van der Waals surface area contributed by atoms with Gasteiger partial charge in [-0.2, -0.15) is 0 Å². The number of nitrogens with two attached hydrogens (primary N) is 1. The molecule has 0 saturated carbocycles. The van der Waals surface area contributed by atoms with Crippen molar-refractivity contribution < 1.29 is 4.74 Å². The molecule has 0 spiro atoms. The maximum atomic E-state index is 6.10. The molecule has 144 valence electrons. The van der Waals surface area contributed by atoms with Crippen molar-refractivity contribution in [1.82, 2.24) is 9.55 Å². The molecule has 0 atom stereocenters. The molecule has 0 bridgehead atoms. The Morgan fingerprint density at radius 3 is 2.59 bits per heavy atom. The molecule has 6 nitrogen and oxygen atoms in total. The summed E-state index contributed by atoms with van der Waals surface area (Å²) in [4.78, 5) is 8.59. The van der Waals surface area contributed by atoms with Gasteiger partial charge >= 0.3 is 0 Å². The summed E-state index contributed by atoms with van der Waals surface area (Å²) in [5.74, 6) is 1.84. The van der Waals surface area contributed by atoms with Gasteiger partial charge in [-0.05, 0) is 35.9 Å². The van der Waals surface area contributed by atoms with Crippen molar-refractivity contribution in [3.8, 4) is 17.2 Å². The monoisotopic (exact) mass is 383 g/mol. The van der Waals surface area contributed by atoms with Crippen LogP contribution in [0, 0.1) is 0 Å². The van der Waals surface area contributed by atoms with Crippen LogP contribution in [0.3, 0.4) is 0 Å². The molecule has 3 aromatic carbocycles. The van der Waals surface area contributed by atoms with Crippen LogP contribution in [0.15, 0.2) is 103 Å². The van der Waals surface area contributed by atoms with Crippen molar-refractivity contribution in [1.29, 1.82) is 0 Å². The molecule has 0 saturated heterocycles. The van der Waals surface area contributed by atoms with E-state index < -0.39 is 0 Å². The molecular formula is C23H21N5O. The zero-order valence-electron chi connectivity index (χ0n) is 15.8. The van der Waals surface area contributed by atoms with Crippen LogP contribution < -0.4 is 15.8 Å². The Morgan fingerprint density at radius 1 is 0.966 bits per heavy atom. The van der Waals surface area contributed by atoms with Crippen molar-refractivity contribution >= 4 is 11.6 Å². The van der Waals surface area contributed by atoms with Crippen molar-refractivity contribution in [2.45, 2.75) is 6.54 Å². The maximum Gasteiger partial charge on any atom is 0.193 e. The number of nitrogens with one attached hydrogen (secondary N) is 1. The first-order chi connectivity index (χ1) is 14.3. The number of anilines is 1. The maximum absolute atomic E-state index is 6.10. The van der Waals surface area contributed by atoms with E-state index in [1.807, 2.05) is 89.6 Å². The molecular weight excluding hydrogens is 362 g/mol. The van der Waals surface area contributed by atoms with Gasteiger partial charge in [0, 0.05) is 24.1 Å². The molecule has 6 heteroatoms. The van der Waals surface area contributed by atoms with Crippen molar-refractivity contribution in [2.24, 2.45) is 10.7 Å². The molecule has 4 rings (SSSR count). The number of benzene rings is 3. The van der Waals surface area contributed by atoms with E-state index in [1.54, 1.807) is 12.5 Å². The average molecular weight is 383 g/mol. The van der Waals surface area contributed by atoms with Gasteiger partial charge in [-0.15, -0.1) is 0 Å². The number of para-hydroxylation sites is 2. The number of aromatic nitrogens is 2. The fourth-order valence-corrected chi connectivity index (χ4v) is 2.92. The van der Waals surface area contributed by atoms with Crippen LogP contribution in [-0.4, -0.2) is 15.5 Å². The Kier molecular flexibility index (Phi) is 5.53. The smallest absolute Gasteiger partial charge is 0.193 e. The van der Waals surface area contributed by atoms with Crippen molar-refractivity contribution in [3.63, 3.8) is 0 Å². The molecule has 3 N–H and O–H groups in total. The van der Waals surface area contributed by atoms with Crippen LogP contribution in [-0.2, 0) is 6.54 Å². The topological polar surface area (TPSA) is 77.5 Å². The van der Waals surface area contributed by atoms with E-state index in [0.717, 1.165) is 28.4 Å². The number of hydrogen-bond acceptors (Lipinski definition) is 3. The van der Waals surface area contributed by atoms with Crippen LogP contribution in [0.1, 0.15) is 5.56 Å². The van der Waals surface area contributed by atoms with Gasteiger partial charge in [0.1, 0.15) is 11.5 Å². The van der Waals surface area contributed by atoms with E-state index >= 15 is 0 Å². The Bertz CT molecular complexity index is 1090. The number of guanidine groups is 1. The molecule has 0 unspecified atom stereocenters. The van der Waals surface area contributed by atoms with Crippen LogP contribution in [0.5, 0.6) is 11.5 Å². The number of nitrogens with zero attached hydrogens (tertiary/aromatic N) is 3. The summed E-state index contributed by atoms with van der Waals surface area (Å²) in [5.41, 5.74) is 8.99. The lowest BCUT2D eigenvalue weighted by Crippen LogP contribution is -2.22. The van der Waals surface area contributed by atoms with E-state index in [9.17, 15) is 0 Å². The lowest BCUT2D eigenvalue weighted by molar-refractivity contribution is 0.483. The van der Waals surface area contributed by atoms with Gasteiger partial charge in [0.2, 0.25) is 0 Å². The molecule has 0 amide bonds. The zero-order valence-corrected chi connectivity index (χ0v) is 15.8. The molecule has 29 heavy (non-hydrogen) atoms. The number of aliphatic imine (C=N–C) groups is 1. The highest BCUT2D eigenvalue weighted by Gasteiger charge is 2.04. The summed E-state index contributed by atoms with van der Waals surface area (Å²) in [6.45, 7) is 0.452. The Morgan fingerprint density at radius 2 is 1.76 bits per heavy atom. The largest absolute Gasteiger partial charge is 0.457 e. The van der Waals surface area contributed by atoms with Gasteiger partial charge in [-0.1, -0.05) is 42.5 Å². The Balaban J connectivity index is 1.44. The quantitative estimate of drug-likeness (QED) is 0.377. The van der Waals surface area contributed by atoms with Crippen LogP contribution in [0.4, 0.5) is 5.69 Å². The Labute approximate surface area is 169 Å². The molecule has 0 radical (unpaired) electrons. The molecule has 0 aliphatic heterocycles. The standard InChI is InChI=1S/C23H21N5O/c24-23(26-16-18-7-4-5-12-22(18)28-14-13-25-17-28)27-19-8-6-11-21(15-19)29-20-9-2-1-3-10-20/h1-15,17H,16H2,(H3,24,26,27). The summed E-state index contributed by atoms with van der Waals surface area (Å²) in [6.07, 6.45) is 5.42. The van der Waals surface area contributed by atoms with Gasteiger partial charge < -0.3 is 20.4 Å². The van der Waals surface area contributed by atoms with E-state index in [1.165, 1.54) is 0 Å². The molecule has 0 fully saturated rings. The van der Waals surface area contributed by atoms with E-state index in [4.69, 9.17) is 10.5 Å². The first-order valence-corrected chi connectivity index (χ1v) is 9.24. The van der Waals surface area contributed by atoms with Crippen LogP contribution in [0.2, 0.25) is 0 Å². The van der Waals surface area contributed by atoms with Gasteiger partial charge in [-0.25, -0.2) is 9.98 Å². The van der Waals surface area contributed by atoms with Gasteiger partial charge in [-0.3, -0.25) is 0 Å². The summed E-state index contributed by atoms with van der Waals surface area (Å²) >= 11 is 0. The highest BCUT2D eigenvalue weighted by atomic mass is 16.5.